The van der Waals surface area contributed by atoms with Gasteiger partial charge in [-0.25, -0.2) is 0 Å². The van der Waals surface area contributed by atoms with Gasteiger partial charge in [0.05, 0.1) is 5.02 Å². The molecule has 15 heavy (non-hydrogen) atoms. The molecule has 0 aliphatic heterocycles. The number of hydrogen-bond acceptors (Lipinski definition) is 1. The van der Waals surface area contributed by atoms with E-state index < -0.39 is 0 Å². The summed E-state index contributed by atoms with van der Waals surface area (Å²) in [6.45, 7) is 5.36. The van der Waals surface area contributed by atoms with Crippen molar-refractivity contribution in [2.45, 2.75) is 45.7 Å². The Morgan fingerprint density at radius 2 is 2.20 bits per heavy atom. The number of nitrogens with zero attached hydrogens (tertiary/aromatic N) is 1. The van der Waals surface area contributed by atoms with Crippen LogP contribution >= 0.6 is 11.6 Å². The summed E-state index contributed by atoms with van der Waals surface area (Å²) >= 11 is 5.93. The zero-order chi connectivity index (χ0) is 11.3. The largest absolute Gasteiger partial charge is 0.352 e. The van der Waals surface area contributed by atoms with Gasteiger partial charge in [-0.05, 0) is 18.9 Å². The molecule has 86 valence electrons. The van der Waals surface area contributed by atoms with Gasteiger partial charge in [-0.2, -0.15) is 0 Å². The molecule has 0 fully saturated rings. The Bertz CT molecular complexity index is 294. The van der Waals surface area contributed by atoms with Crippen molar-refractivity contribution in [2.24, 2.45) is 7.05 Å². The molecule has 1 atom stereocenters. The highest BCUT2D eigenvalue weighted by molar-refractivity contribution is 6.30. The minimum absolute atomic E-state index is 0.628. The maximum absolute atomic E-state index is 5.93. The molecule has 0 saturated carbocycles. The molecule has 1 aromatic heterocycles. The van der Waals surface area contributed by atoms with Gasteiger partial charge in [0, 0.05) is 31.5 Å². The Balaban J connectivity index is 2.44. The van der Waals surface area contributed by atoms with E-state index in [9.17, 15) is 0 Å². The topological polar surface area (TPSA) is 17.0 Å². The second-order valence-electron chi connectivity index (χ2n) is 4.04. The van der Waals surface area contributed by atoms with E-state index in [-0.39, 0.29) is 0 Å². The monoisotopic (exact) mass is 228 g/mol. The average molecular weight is 229 g/mol. The molecule has 2 nitrogen and oxygen atoms in total. The quantitative estimate of drug-likeness (QED) is 0.790. The molecule has 0 bridgehead atoms. The lowest BCUT2D eigenvalue weighted by Gasteiger charge is -2.16. The fourth-order valence-electron chi connectivity index (χ4n) is 1.79. The van der Waals surface area contributed by atoms with Gasteiger partial charge >= 0.3 is 0 Å². The standard InChI is InChI=1S/C12H21ClN2/c1-4-6-11(5-2)14-8-12-7-10(13)9-15(12)3/h7,9,11,14H,4-6,8H2,1-3H3. The molecule has 0 amide bonds. The first kappa shape index (κ1) is 12.6. The zero-order valence-electron chi connectivity index (χ0n) is 9.89. The van der Waals surface area contributed by atoms with Crippen molar-refractivity contribution in [3.8, 4) is 0 Å². The molecule has 1 unspecified atom stereocenters. The van der Waals surface area contributed by atoms with Crippen LogP contribution in [0, 0.1) is 0 Å². The SMILES string of the molecule is CCCC(CC)NCc1cc(Cl)cn1C. The molecule has 1 heterocycles. The normalized spacial score (nSPS) is 13.1. The molecular weight excluding hydrogens is 208 g/mol. The number of nitrogens with one attached hydrogen (secondary N) is 1. The minimum atomic E-state index is 0.628. The summed E-state index contributed by atoms with van der Waals surface area (Å²) in [5, 5.41) is 4.38. The average Bonchev–Trinajstić information content (AvgIpc) is 2.52. The first-order chi connectivity index (χ1) is 7.17. The van der Waals surface area contributed by atoms with E-state index in [1.54, 1.807) is 0 Å². The molecule has 1 rings (SSSR count). The summed E-state index contributed by atoms with van der Waals surface area (Å²) in [6.07, 6.45) is 5.61. The summed E-state index contributed by atoms with van der Waals surface area (Å²) in [5.41, 5.74) is 1.24. The lowest BCUT2D eigenvalue weighted by molar-refractivity contribution is 0.456. The number of hydrogen-bond donors (Lipinski definition) is 1. The van der Waals surface area contributed by atoms with Gasteiger partial charge in [-0.15, -0.1) is 0 Å². The highest BCUT2D eigenvalue weighted by Crippen LogP contribution is 2.13. The van der Waals surface area contributed by atoms with E-state index in [2.05, 4.69) is 23.7 Å². The lowest BCUT2D eigenvalue weighted by Crippen LogP contribution is -2.28. The number of halogens is 1. The predicted octanol–water partition coefficient (Wildman–Crippen LogP) is 3.35. The molecule has 0 aliphatic rings. The van der Waals surface area contributed by atoms with Crippen molar-refractivity contribution in [2.75, 3.05) is 0 Å². The van der Waals surface area contributed by atoms with Crippen LogP contribution in [-0.4, -0.2) is 10.6 Å². The van der Waals surface area contributed by atoms with Crippen LogP contribution in [0.15, 0.2) is 12.3 Å². The van der Waals surface area contributed by atoms with E-state index in [1.165, 1.54) is 25.0 Å². The van der Waals surface area contributed by atoms with Crippen LogP contribution in [0.3, 0.4) is 0 Å². The van der Waals surface area contributed by atoms with Gasteiger partial charge in [-0.3, -0.25) is 0 Å². The Morgan fingerprint density at radius 3 is 2.67 bits per heavy atom. The summed E-state index contributed by atoms with van der Waals surface area (Å²) < 4.78 is 2.08. The smallest absolute Gasteiger partial charge is 0.0585 e. The highest BCUT2D eigenvalue weighted by atomic mass is 35.5. The van der Waals surface area contributed by atoms with E-state index in [1.807, 2.05) is 19.3 Å². The van der Waals surface area contributed by atoms with E-state index in [4.69, 9.17) is 11.6 Å². The molecule has 0 radical (unpaired) electrons. The van der Waals surface area contributed by atoms with Gasteiger partial charge in [0.2, 0.25) is 0 Å². The van der Waals surface area contributed by atoms with Crippen LogP contribution in [-0.2, 0) is 13.6 Å². The summed E-state index contributed by atoms with van der Waals surface area (Å²) in [6, 6.07) is 2.65. The maximum Gasteiger partial charge on any atom is 0.0585 e. The van der Waals surface area contributed by atoms with Crippen molar-refractivity contribution >= 4 is 11.6 Å². The Labute approximate surface area is 97.6 Å². The van der Waals surface area contributed by atoms with Crippen molar-refractivity contribution in [3.05, 3.63) is 23.0 Å². The summed E-state index contributed by atoms with van der Waals surface area (Å²) in [7, 11) is 2.03. The minimum Gasteiger partial charge on any atom is -0.352 e. The fraction of sp³-hybridized carbons (Fsp3) is 0.667. The maximum atomic E-state index is 5.93. The van der Waals surface area contributed by atoms with Crippen LogP contribution in [0.1, 0.15) is 38.8 Å². The van der Waals surface area contributed by atoms with Gasteiger partial charge in [0.25, 0.3) is 0 Å². The van der Waals surface area contributed by atoms with E-state index >= 15 is 0 Å². The van der Waals surface area contributed by atoms with Crippen LogP contribution in [0.4, 0.5) is 0 Å². The predicted molar refractivity (Wildman–Crippen MR) is 66.2 cm³/mol. The Kier molecular flexibility index (Phi) is 5.20. The molecule has 3 heteroatoms. The second kappa shape index (κ2) is 6.19. The third kappa shape index (κ3) is 3.88. The van der Waals surface area contributed by atoms with Gasteiger partial charge < -0.3 is 9.88 Å². The molecule has 1 aromatic rings. The van der Waals surface area contributed by atoms with Crippen molar-refractivity contribution in [1.82, 2.24) is 9.88 Å². The lowest BCUT2D eigenvalue weighted by atomic mass is 10.1. The number of aryl methyl sites for hydroxylation is 1. The highest BCUT2D eigenvalue weighted by Gasteiger charge is 2.06. The molecule has 0 aromatic carbocycles. The zero-order valence-corrected chi connectivity index (χ0v) is 10.6. The van der Waals surface area contributed by atoms with Crippen molar-refractivity contribution < 1.29 is 0 Å². The van der Waals surface area contributed by atoms with Crippen LogP contribution in [0.25, 0.3) is 0 Å². The van der Waals surface area contributed by atoms with Crippen molar-refractivity contribution in [1.29, 1.82) is 0 Å². The van der Waals surface area contributed by atoms with Crippen LogP contribution in [0.5, 0.6) is 0 Å². The molecular formula is C12H21ClN2. The summed E-state index contributed by atoms with van der Waals surface area (Å²) in [4.78, 5) is 0. The van der Waals surface area contributed by atoms with Gasteiger partial charge in [0.1, 0.15) is 0 Å². The second-order valence-corrected chi connectivity index (χ2v) is 4.47. The number of rotatable bonds is 6. The molecule has 0 spiro atoms. The van der Waals surface area contributed by atoms with Gasteiger partial charge in [-0.1, -0.05) is 31.9 Å². The van der Waals surface area contributed by atoms with E-state index in [0.717, 1.165) is 11.6 Å². The first-order valence-electron chi connectivity index (χ1n) is 5.71. The van der Waals surface area contributed by atoms with Crippen molar-refractivity contribution in [3.63, 3.8) is 0 Å². The Morgan fingerprint density at radius 1 is 1.47 bits per heavy atom. The third-order valence-electron chi connectivity index (χ3n) is 2.78. The van der Waals surface area contributed by atoms with Crippen LogP contribution < -0.4 is 5.32 Å². The fourth-order valence-corrected chi connectivity index (χ4v) is 2.06. The number of aromatic nitrogens is 1. The molecule has 1 N–H and O–H groups in total. The molecule has 0 aliphatic carbocycles. The molecule has 0 saturated heterocycles. The van der Waals surface area contributed by atoms with Gasteiger partial charge in [0.15, 0.2) is 0 Å². The van der Waals surface area contributed by atoms with E-state index in [0.29, 0.717) is 6.04 Å². The summed E-state index contributed by atoms with van der Waals surface area (Å²) in [5.74, 6) is 0. The first-order valence-corrected chi connectivity index (χ1v) is 6.09. The Hall–Kier alpha value is -0.470. The third-order valence-corrected chi connectivity index (χ3v) is 2.98. The van der Waals surface area contributed by atoms with Crippen LogP contribution in [0.2, 0.25) is 5.02 Å².